The molecule has 2 aromatic rings. The molecule has 0 fully saturated rings. The summed E-state index contributed by atoms with van der Waals surface area (Å²) in [5.74, 6) is -0.623. The number of primary amides is 1. The van der Waals surface area contributed by atoms with Gasteiger partial charge in [0.1, 0.15) is 5.00 Å². The monoisotopic (exact) mass is 377 g/mol. The first kappa shape index (κ1) is 17.4. The van der Waals surface area contributed by atoms with E-state index in [4.69, 9.17) is 5.73 Å². The van der Waals surface area contributed by atoms with Crippen LogP contribution in [0.2, 0.25) is 0 Å². The van der Waals surface area contributed by atoms with Crippen LogP contribution < -0.4 is 11.1 Å². The second kappa shape index (κ2) is 7.24. The molecule has 1 heterocycles. The lowest BCUT2D eigenvalue weighted by Crippen LogP contribution is -2.18. The molecule has 0 saturated carbocycles. The van der Waals surface area contributed by atoms with E-state index in [1.807, 2.05) is 0 Å². The van der Waals surface area contributed by atoms with Gasteiger partial charge in [0.05, 0.1) is 16.2 Å². The minimum atomic E-state index is -0.516. The Kier molecular flexibility index (Phi) is 5.05. The minimum absolute atomic E-state index is 0.00741. The van der Waals surface area contributed by atoms with Crippen molar-refractivity contribution in [3.05, 3.63) is 50.4 Å². The lowest BCUT2D eigenvalue weighted by atomic mass is 10.1. The van der Waals surface area contributed by atoms with Gasteiger partial charge in [0.25, 0.3) is 11.6 Å². The molecule has 0 spiro atoms. The lowest BCUT2D eigenvalue weighted by molar-refractivity contribution is -0.384. The van der Waals surface area contributed by atoms with Crippen molar-refractivity contribution in [1.82, 2.24) is 0 Å². The van der Waals surface area contributed by atoms with Gasteiger partial charge in [-0.1, -0.05) is 0 Å². The van der Waals surface area contributed by atoms with Crippen molar-refractivity contribution in [2.75, 3.05) is 11.1 Å². The topological polar surface area (TPSA) is 115 Å². The Balaban J connectivity index is 1.63. The number of non-ortho nitro benzene ring substituents is 1. The first-order valence-corrected chi connectivity index (χ1v) is 9.37. The van der Waals surface area contributed by atoms with Crippen molar-refractivity contribution in [2.45, 2.75) is 24.2 Å². The Bertz CT molecular complexity index is 846. The maximum Gasteiger partial charge on any atom is 0.269 e. The predicted octanol–water partition coefficient (Wildman–Crippen LogP) is 2.97. The van der Waals surface area contributed by atoms with Crippen LogP contribution in [-0.2, 0) is 17.6 Å². The molecule has 1 aromatic heterocycles. The summed E-state index contributed by atoms with van der Waals surface area (Å²) in [6.07, 6.45) is 2.73. The van der Waals surface area contributed by atoms with Crippen LogP contribution in [0.1, 0.15) is 27.2 Å². The van der Waals surface area contributed by atoms with Crippen LogP contribution in [0.15, 0.2) is 29.2 Å². The number of hydrogen-bond donors (Lipinski definition) is 2. The van der Waals surface area contributed by atoms with Gasteiger partial charge in [-0.25, -0.2) is 0 Å². The fourth-order valence-corrected chi connectivity index (χ4v) is 4.74. The van der Waals surface area contributed by atoms with E-state index in [-0.39, 0.29) is 17.3 Å². The number of carbonyl (C=O) groups is 2. The van der Waals surface area contributed by atoms with Gasteiger partial charge in [0, 0.05) is 21.9 Å². The van der Waals surface area contributed by atoms with Crippen LogP contribution in [0.3, 0.4) is 0 Å². The van der Waals surface area contributed by atoms with Gasteiger partial charge in [0.2, 0.25) is 5.91 Å². The number of nitro groups is 1. The second-order valence-electron chi connectivity index (χ2n) is 5.51. The lowest BCUT2D eigenvalue weighted by Gasteiger charge is -2.06. The summed E-state index contributed by atoms with van der Waals surface area (Å²) in [5, 5.41) is 13.9. The Morgan fingerprint density at radius 3 is 2.64 bits per heavy atom. The molecule has 0 bridgehead atoms. The van der Waals surface area contributed by atoms with Crippen molar-refractivity contribution in [3.63, 3.8) is 0 Å². The Hall–Kier alpha value is -2.39. The molecule has 3 N–H and O–H groups in total. The number of fused-ring (bicyclic) bond motifs is 1. The summed E-state index contributed by atoms with van der Waals surface area (Å²) in [6.45, 7) is 0. The maximum absolute atomic E-state index is 12.2. The smallest absolute Gasteiger partial charge is 0.269 e. The van der Waals surface area contributed by atoms with Crippen LogP contribution in [0, 0.1) is 10.1 Å². The third-order valence-corrected chi connectivity index (χ3v) is 6.06. The summed E-state index contributed by atoms with van der Waals surface area (Å²) >= 11 is 2.68. The van der Waals surface area contributed by atoms with E-state index in [2.05, 4.69) is 5.32 Å². The summed E-state index contributed by atoms with van der Waals surface area (Å²) in [6, 6.07) is 6.00. The minimum Gasteiger partial charge on any atom is -0.365 e. The van der Waals surface area contributed by atoms with E-state index in [0.717, 1.165) is 34.6 Å². The SMILES string of the molecule is NC(=O)c1c(NC(=O)CSc2ccc([N+](=O)[O-])cc2)sc2c1CCC2. The number of aryl methyl sites for hydroxylation is 1. The van der Waals surface area contributed by atoms with Crippen LogP contribution in [-0.4, -0.2) is 22.5 Å². The standard InChI is InChI=1S/C16H15N3O4S2/c17-15(21)14-11-2-1-3-12(11)25-16(14)18-13(20)8-24-10-6-4-9(5-7-10)19(22)23/h4-7H,1-3,8H2,(H2,17,21)(H,18,20). The number of nitrogens with one attached hydrogen (secondary N) is 1. The van der Waals surface area contributed by atoms with E-state index in [0.29, 0.717) is 10.6 Å². The van der Waals surface area contributed by atoms with Crippen molar-refractivity contribution in [1.29, 1.82) is 0 Å². The van der Waals surface area contributed by atoms with Gasteiger partial charge in [-0.3, -0.25) is 19.7 Å². The molecule has 1 aromatic carbocycles. The number of anilines is 1. The molecule has 0 unspecified atom stereocenters. The number of nitro benzene ring substituents is 1. The van der Waals surface area contributed by atoms with Gasteiger partial charge < -0.3 is 11.1 Å². The fraction of sp³-hybridized carbons (Fsp3) is 0.250. The zero-order chi connectivity index (χ0) is 18.0. The first-order chi connectivity index (χ1) is 12.0. The highest BCUT2D eigenvalue weighted by atomic mass is 32.2. The van der Waals surface area contributed by atoms with Gasteiger partial charge in [0.15, 0.2) is 0 Å². The predicted molar refractivity (Wildman–Crippen MR) is 97.3 cm³/mol. The molecule has 0 radical (unpaired) electrons. The molecule has 0 saturated heterocycles. The van der Waals surface area contributed by atoms with E-state index < -0.39 is 10.8 Å². The highest BCUT2D eigenvalue weighted by Crippen LogP contribution is 2.38. The van der Waals surface area contributed by atoms with Crippen LogP contribution in [0.4, 0.5) is 10.7 Å². The molecule has 1 aliphatic rings. The summed E-state index contributed by atoms with van der Waals surface area (Å²) in [7, 11) is 0. The number of benzene rings is 1. The number of thioether (sulfide) groups is 1. The van der Waals surface area contributed by atoms with Crippen LogP contribution in [0.5, 0.6) is 0 Å². The average molecular weight is 377 g/mol. The summed E-state index contributed by atoms with van der Waals surface area (Å²) < 4.78 is 0. The Morgan fingerprint density at radius 2 is 2.00 bits per heavy atom. The number of nitrogens with zero attached hydrogens (tertiary/aromatic N) is 1. The van der Waals surface area contributed by atoms with Crippen molar-refractivity contribution in [3.8, 4) is 0 Å². The average Bonchev–Trinajstić information content (AvgIpc) is 3.13. The second-order valence-corrected chi connectivity index (χ2v) is 7.67. The van der Waals surface area contributed by atoms with E-state index >= 15 is 0 Å². The van der Waals surface area contributed by atoms with E-state index in [9.17, 15) is 19.7 Å². The summed E-state index contributed by atoms with van der Waals surface area (Å²) in [4.78, 5) is 35.9. The first-order valence-electron chi connectivity index (χ1n) is 7.57. The molecular weight excluding hydrogens is 362 g/mol. The molecule has 25 heavy (non-hydrogen) atoms. The molecule has 0 atom stereocenters. The van der Waals surface area contributed by atoms with Gasteiger partial charge in [-0.15, -0.1) is 23.1 Å². The number of carbonyl (C=O) groups excluding carboxylic acids is 2. The number of rotatable bonds is 6. The van der Waals surface area contributed by atoms with Gasteiger partial charge in [-0.2, -0.15) is 0 Å². The van der Waals surface area contributed by atoms with E-state index in [1.54, 1.807) is 12.1 Å². The molecule has 0 aliphatic heterocycles. The number of amides is 2. The van der Waals surface area contributed by atoms with Crippen molar-refractivity contribution in [2.24, 2.45) is 5.73 Å². The molecule has 2 amide bonds. The normalized spacial score (nSPS) is 12.6. The number of hydrogen-bond acceptors (Lipinski definition) is 6. The zero-order valence-electron chi connectivity index (χ0n) is 13.1. The fourth-order valence-electron chi connectivity index (χ4n) is 2.73. The molecule has 130 valence electrons. The molecule has 1 aliphatic carbocycles. The third kappa shape index (κ3) is 3.83. The Morgan fingerprint density at radius 1 is 1.28 bits per heavy atom. The molecule has 9 heteroatoms. The molecule has 7 nitrogen and oxygen atoms in total. The van der Waals surface area contributed by atoms with Crippen LogP contribution >= 0.6 is 23.1 Å². The number of nitrogens with two attached hydrogens (primary N) is 1. The maximum atomic E-state index is 12.2. The largest absolute Gasteiger partial charge is 0.365 e. The Labute approximate surface area is 151 Å². The van der Waals surface area contributed by atoms with Gasteiger partial charge >= 0.3 is 0 Å². The third-order valence-electron chi connectivity index (χ3n) is 3.84. The van der Waals surface area contributed by atoms with Crippen LogP contribution in [0.25, 0.3) is 0 Å². The highest BCUT2D eigenvalue weighted by Gasteiger charge is 2.26. The van der Waals surface area contributed by atoms with E-state index in [1.165, 1.54) is 35.2 Å². The molecule has 3 rings (SSSR count). The summed E-state index contributed by atoms with van der Waals surface area (Å²) in [5.41, 5.74) is 6.88. The quantitative estimate of drug-likeness (QED) is 0.456. The van der Waals surface area contributed by atoms with Gasteiger partial charge in [-0.05, 0) is 37.0 Å². The number of thiophene rings is 1. The zero-order valence-corrected chi connectivity index (χ0v) is 14.7. The van der Waals surface area contributed by atoms with Crippen molar-refractivity contribution >= 4 is 45.6 Å². The van der Waals surface area contributed by atoms with Crippen molar-refractivity contribution < 1.29 is 14.5 Å². The molecular formula is C16H15N3O4S2. The highest BCUT2D eigenvalue weighted by molar-refractivity contribution is 8.00.